The van der Waals surface area contributed by atoms with E-state index in [9.17, 15) is 14.7 Å². The summed E-state index contributed by atoms with van der Waals surface area (Å²) >= 11 is 0. The molecule has 6 nitrogen and oxygen atoms in total. The number of carboxylic acids is 1. The molecule has 1 fully saturated rings. The highest BCUT2D eigenvalue weighted by Crippen LogP contribution is 2.24. The number of piperidine rings is 1. The van der Waals surface area contributed by atoms with Crippen LogP contribution in [0.1, 0.15) is 23.3 Å². The third kappa shape index (κ3) is 2.38. The molecule has 0 atom stereocenters. The lowest BCUT2D eigenvalue weighted by Crippen LogP contribution is -2.50. The minimum absolute atomic E-state index is 0.0499. The number of H-pyrrole nitrogens is 1. The number of carbonyl (C=O) groups excluding carboxylic acids is 1. The van der Waals surface area contributed by atoms with Gasteiger partial charge in [-0.1, -0.05) is 18.2 Å². The number of para-hydroxylation sites is 1. The van der Waals surface area contributed by atoms with Gasteiger partial charge in [-0.25, -0.2) is 4.79 Å². The number of aliphatic carboxylic acids is 1. The Balaban J connectivity index is 1.76. The van der Waals surface area contributed by atoms with Gasteiger partial charge in [0, 0.05) is 36.8 Å². The summed E-state index contributed by atoms with van der Waals surface area (Å²) in [6, 6.07) is 9.39. The summed E-state index contributed by atoms with van der Waals surface area (Å²) in [7, 11) is 0. The average Bonchev–Trinajstić information content (AvgIpc) is 2.91. The highest BCUT2D eigenvalue weighted by Gasteiger charge is 2.40. The van der Waals surface area contributed by atoms with Crippen LogP contribution >= 0.6 is 0 Å². The van der Waals surface area contributed by atoms with Gasteiger partial charge in [0.2, 0.25) is 0 Å². The van der Waals surface area contributed by atoms with Crippen LogP contribution in [-0.4, -0.2) is 50.7 Å². The van der Waals surface area contributed by atoms with E-state index >= 15 is 0 Å². The van der Waals surface area contributed by atoms with E-state index in [-0.39, 0.29) is 31.8 Å². The van der Waals surface area contributed by atoms with E-state index in [0.29, 0.717) is 5.69 Å². The van der Waals surface area contributed by atoms with Crippen molar-refractivity contribution in [1.82, 2.24) is 9.88 Å². The number of aromatic nitrogens is 1. The molecule has 2 aromatic rings. The molecule has 110 valence electrons. The molecule has 0 saturated carbocycles. The second kappa shape index (κ2) is 4.89. The Hall–Kier alpha value is -2.34. The number of amides is 1. The number of nitrogens with one attached hydrogen (secondary N) is 1. The molecule has 3 N–H and O–H groups in total. The summed E-state index contributed by atoms with van der Waals surface area (Å²) in [5.74, 6) is -1.39. The van der Waals surface area contributed by atoms with E-state index in [1.165, 1.54) is 0 Å². The van der Waals surface area contributed by atoms with Crippen LogP contribution in [0.2, 0.25) is 0 Å². The molecule has 0 unspecified atom stereocenters. The summed E-state index contributed by atoms with van der Waals surface area (Å²) < 4.78 is 0. The normalized spacial score (nSPS) is 17.9. The summed E-state index contributed by atoms with van der Waals surface area (Å²) in [6.07, 6.45) is 0.0998. The SMILES string of the molecule is O=C(c1cc2ccccc2[nH]1)N1CCC(O)(C(=O)O)CC1. The first-order chi connectivity index (χ1) is 9.99. The zero-order valence-corrected chi connectivity index (χ0v) is 11.4. The average molecular weight is 288 g/mol. The number of carbonyl (C=O) groups is 2. The van der Waals surface area contributed by atoms with Gasteiger partial charge in [-0.3, -0.25) is 4.79 Å². The first-order valence-electron chi connectivity index (χ1n) is 6.82. The monoisotopic (exact) mass is 288 g/mol. The Morgan fingerprint density at radius 1 is 1.19 bits per heavy atom. The molecule has 1 aliphatic rings. The number of rotatable bonds is 2. The van der Waals surface area contributed by atoms with Crippen LogP contribution in [0.5, 0.6) is 0 Å². The van der Waals surface area contributed by atoms with Gasteiger partial charge in [-0.2, -0.15) is 0 Å². The maximum atomic E-state index is 12.4. The van der Waals surface area contributed by atoms with Gasteiger partial charge in [0.05, 0.1) is 0 Å². The van der Waals surface area contributed by atoms with Crippen molar-refractivity contribution in [3.63, 3.8) is 0 Å². The van der Waals surface area contributed by atoms with Crippen molar-refractivity contribution in [2.24, 2.45) is 0 Å². The Kier molecular flexibility index (Phi) is 3.17. The van der Waals surface area contributed by atoms with Crippen LogP contribution in [-0.2, 0) is 4.79 Å². The summed E-state index contributed by atoms with van der Waals surface area (Å²) in [5.41, 5.74) is -0.339. The van der Waals surface area contributed by atoms with Crippen molar-refractivity contribution in [1.29, 1.82) is 0 Å². The van der Waals surface area contributed by atoms with E-state index in [1.54, 1.807) is 11.0 Å². The molecular weight excluding hydrogens is 272 g/mol. The van der Waals surface area contributed by atoms with Crippen molar-refractivity contribution in [2.75, 3.05) is 13.1 Å². The minimum Gasteiger partial charge on any atom is -0.479 e. The minimum atomic E-state index is -1.71. The molecule has 21 heavy (non-hydrogen) atoms. The fourth-order valence-electron chi connectivity index (χ4n) is 2.65. The van der Waals surface area contributed by atoms with Crippen LogP contribution in [0.25, 0.3) is 10.9 Å². The van der Waals surface area contributed by atoms with Gasteiger partial charge < -0.3 is 20.1 Å². The van der Waals surface area contributed by atoms with Gasteiger partial charge in [0.25, 0.3) is 5.91 Å². The predicted octanol–water partition coefficient (Wildman–Crippen LogP) is 1.22. The van der Waals surface area contributed by atoms with Gasteiger partial charge in [0.1, 0.15) is 5.69 Å². The van der Waals surface area contributed by atoms with Gasteiger partial charge in [-0.15, -0.1) is 0 Å². The summed E-state index contributed by atoms with van der Waals surface area (Å²) in [5, 5.41) is 19.8. The molecular formula is C15H16N2O4. The van der Waals surface area contributed by atoms with Crippen molar-refractivity contribution < 1.29 is 19.8 Å². The zero-order valence-electron chi connectivity index (χ0n) is 11.4. The molecule has 6 heteroatoms. The molecule has 1 amide bonds. The van der Waals surface area contributed by atoms with Crippen molar-refractivity contribution in [3.8, 4) is 0 Å². The molecule has 1 aromatic carbocycles. The smallest absolute Gasteiger partial charge is 0.335 e. The maximum absolute atomic E-state index is 12.4. The fraction of sp³-hybridized carbons (Fsp3) is 0.333. The van der Waals surface area contributed by atoms with Gasteiger partial charge >= 0.3 is 5.97 Å². The Morgan fingerprint density at radius 2 is 1.86 bits per heavy atom. The molecule has 1 saturated heterocycles. The summed E-state index contributed by atoms with van der Waals surface area (Å²) in [6.45, 7) is 0.466. The summed E-state index contributed by atoms with van der Waals surface area (Å²) in [4.78, 5) is 28.0. The highest BCUT2D eigenvalue weighted by atomic mass is 16.4. The number of benzene rings is 1. The largest absolute Gasteiger partial charge is 0.479 e. The lowest BCUT2D eigenvalue weighted by Gasteiger charge is -2.35. The molecule has 1 aliphatic heterocycles. The second-order valence-corrected chi connectivity index (χ2v) is 5.40. The van der Waals surface area contributed by atoms with Gasteiger partial charge in [0.15, 0.2) is 5.60 Å². The third-order valence-corrected chi connectivity index (χ3v) is 4.04. The molecule has 0 spiro atoms. The predicted molar refractivity (Wildman–Crippen MR) is 76.0 cm³/mol. The van der Waals surface area contributed by atoms with Crippen molar-refractivity contribution >= 4 is 22.8 Å². The molecule has 0 bridgehead atoms. The van der Waals surface area contributed by atoms with Crippen LogP contribution < -0.4 is 0 Å². The van der Waals surface area contributed by atoms with Crippen molar-refractivity contribution in [3.05, 3.63) is 36.0 Å². The van der Waals surface area contributed by atoms with E-state index < -0.39 is 11.6 Å². The number of likely N-dealkylation sites (tertiary alicyclic amines) is 1. The van der Waals surface area contributed by atoms with Crippen LogP contribution in [0.4, 0.5) is 0 Å². The Bertz CT molecular complexity index is 666. The number of carboxylic acid groups (broad SMARTS) is 1. The number of aromatic amines is 1. The molecule has 0 radical (unpaired) electrons. The zero-order chi connectivity index (χ0) is 15.0. The fourth-order valence-corrected chi connectivity index (χ4v) is 2.65. The number of aliphatic hydroxyl groups is 1. The topological polar surface area (TPSA) is 93.6 Å². The van der Waals surface area contributed by atoms with E-state index in [2.05, 4.69) is 4.98 Å². The first kappa shape index (κ1) is 13.6. The maximum Gasteiger partial charge on any atom is 0.335 e. The molecule has 0 aliphatic carbocycles. The second-order valence-electron chi connectivity index (χ2n) is 5.40. The first-order valence-corrected chi connectivity index (χ1v) is 6.82. The number of fused-ring (bicyclic) bond motifs is 1. The lowest BCUT2D eigenvalue weighted by molar-refractivity contribution is -0.162. The molecule has 1 aromatic heterocycles. The van der Waals surface area contributed by atoms with Crippen LogP contribution in [0.15, 0.2) is 30.3 Å². The quantitative estimate of drug-likeness (QED) is 0.774. The Morgan fingerprint density at radius 3 is 2.48 bits per heavy atom. The van der Waals surface area contributed by atoms with Gasteiger partial charge in [-0.05, 0) is 12.1 Å². The number of hydrogen-bond donors (Lipinski definition) is 3. The highest BCUT2D eigenvalue weighted by molar-refractivity contribution is 5.98. The number of hydrogen-bond acceptors (Lipinski definition) is 3. The standard InChI is InChI=1S/C15H16N2O4/c18-13(12-9-10-3-1-2-4-11(10)16-12)17-7-5-15(21,6-8-17)14(19)20/h1-4,9,16,21H,5-8H2,(H,19,20). The number of nitrogens with zero attached hydrogens (tertiary/aromatic N) is 1. The van der Waals surface area contributed by atoms with Crippen molar-refractivity contribution in [2.45, 2.75) is 18.4 Å². The lowest BCUT2D eigenvalue weighted by atomic mass is 9.91. The van der Waals surface area contributed by atoms with E-state index in [0.717, 1.165) is 10.9 Å². The Labute approximate surface area is 121 Å². The molecule has 3 rings (SSSR count). The van der Waals surface area contributed by atoms with E-state index in [4.69, 9.17) is 5.11 Å². The third-order valence-electron chi connectivity index (χ3n) is 4.04. The van der Waals surface area contributed by atoms with Crippen LogP contribution in [0, 0.1) is 0 Å². The van der Waals surface area contributed by atoms with Crippen LogP contribution in [0.3, 0.4) is 0 Å². The molecule has 2 heterocycles. The van der Waals surface area contributed by atoms with E-state index in [1.807, 2.05) is 24.3 Å².